The van der Waals surface area contributed by atoms with Crippen LogP contribution in [0.2, 0.25) is 10.0 Å². The molecule has 2 heterocycles. The molecule has 4 nitrogen and oxygen atoms in total. The zero-order valence-electron chi connectivity index (χ0n) is 14.7. The van der Waals surface area contributed by atoms with Gasteiger partial charge in [0.15, 0.2) is 5.13 Å². The Kier molecular flexibility index (Phi) is 5.22. The number of carbonyl (C=O) groups is 1. The zero-order chi connectivity index (χ0) is 19.7. The van der Waals surface area contributed by atoms with Crippen LogP contribution in [0.25, 0.3) is 27.6 Å². The predicted molar refractivity (Wildman–Crippen MR) is 116 cm³/mol. The van der Waals surface area contributed by atoms with Gasteiger partial charge in [0.2, 0.25) is 5.91 Å². The molecule has 0 fully saturated rings. The van der Waals surface area contributed by atoms with Gasteiger partial charge in [0.05, 0.1) is 20.3 Å². The molecule has 2 aromatic heterocycles. The third kappa shape index (κ3) is 3.97. The Hall–Kier alpha value is -2.60. The van der Waals surface area contributed by atoms with E-state index in [4.69, 9.17) is 27.6 Å². The number of hydrogen-bond donors (Lipinski definition) is 1. The molecule has 28 heavy (non-hydrogen) atoms. The number of hydrogen-bond acceptors (Lipinski definition) is 4. The lowest BCUT2D eigenvalue weighted by molar-refractivity contribution is -0.111. The summed E-state index contributed by atoms with van der Waals surface area (Å²) < 4.78 is 6.78. The van der Waals surface area contributed by atoms with Crippen LogP contribution in [0.15, 0.2) is 59.0 Å². The van der Waals surface area contributed by atoms with Crippen molar-refractivity contribution in [1.82, 2.24) is 4.98 Å². The average Bonchev–Trinajstić information content (AvgIpc) is 3.28. The molecule has 0 aliphatic rings. The number of rotatable bonds is 4. The fourth-order valence-electron chi connectivity index (χ4n) is 2.67. The van der Waals surface area contributed by atoms with Crippen molar-refractivity contribution in [3.63, 3.8) is 0 Å². The number of carbonyl (C=O) groups excluding carboxylic acids is 1. The molecule has 0 bridgehead atoms. The second-order valence-electron chi connectivity index (χ2n) is 6.12. The lowest BCUT2D eigenvalue weighted by Gasteiger charge is -2.01. The lowest BCUT2D eigenvalue weighted by atomic mass is 10.2. The number of nitrogens with one attached hydrogen (secondary N) is 1. The van der Waals surface area contributed by atoms with Crippen molar-refractivity contribution in [1.29, 1.82) is 0 Å². The van der Waals surface area contributed by atoms with Crippen molar-refractivity contribution < 1.29 is 9.21 Å². The van der Waals surface area contributed by atoms with E-state index in [9.17, 15) is 4.79 Å². The number of thiazole rings is 1. The van der Waals surface area contributed by atoms with Crippen LogP contribution < -0.4 is 5.32 Å². The van der Waals surface area contributed by atoms with Crippen molar-refractivity contribution >= 4 is 61.9 Å². The number of halogens is 2. The summed E-state index contributed by atoms with van der Waals surface area (Å²) in [6.07, 6.45) is 2.99. The number of fused-ring (bicyclic) bond motifs is 1. The van der Waals surface area contributed by atoms with Crippen molar-refractivity contribution in [3.8, 4) is 11.3 Å². The highest BCUT2D eigenvalue weighted by atomic mass is 35.5. The molecular weight excluding hydrogens is 415 g/mol. The summed E-state index contributed by atoms with van der Waals surface area (Å²) in [5.41, 5.74) is 2.72. The first kappa shape index (κ1) is 18.7. The summed E-state index contributed by atoms with van der Waals surface area (Å²) in [6, 6.07) is 14.9. The summed E-state index contributed by atoms with van der Waals surface area (Å²) in [5, 5.41) is 4.22. The van der Waals surface area contributed by atoms with Gasteiger partial charge in [-0.05, 0) is 55.0 Å². The SMILES string of the molecule is Cc1ccc2nc(NC(=O)C=Cc3ccc(-c4cccc(Cl)c4Cl)o3)sc2c1. The van der Waals surface area contributed by atoms with Gasteiger partial charge >= 0.3 is 0 Å². The molecule has 140 valence electrons. The molecule has 0 aliphatic carbocycles. The number of amides is 1. The van der Waals surface area contributed by atoms with Crippen LogP contribution in [0.1, 0.15) is 11.3 Å². The number of furan rings is 1. The van der Waals surface area contributed by atoms with Crippen molar-refractivity contribution in [2.24, 2.45) is 0 Å². The molecular formula is C21H14Cl2N2O2S. The summed E-state index contributed by atoms with van der Waals surface area (Å²) in [7, 11) is 0. The lowest BCUT2D eigenvalue weighted by Crippen LogP contribution is -2.07. The van der Waals surface area contributed by atoms with Crippen molar-refractivity contribution in [2.75, 3.05) is 5.32 Å². The second kappa shape index (κ2) is 7.80. The summed E-state index contributed by atoms with van der Waals surface area (Å²) in [5.74, 6) is 0.824. The summed E-state index contributed by atoms with van der Waals surface area (Å²) in [4.78, 5) is 16.6. The van der Waals surface area contributed by atoms with Crippen LogP contribution in [0.4, 0.5) is 5.13 Å². The molecule has 0 spiro atoms. The highest BCUT2D eigenvalue weighted by Crippen LogP contribution is 2.34. The standard InChI is InChI=1S/C21H14Cl2N2O2S/c1-12-5-8-16-18(11-12)28-21(24-16)25-19(26)10-7-13-6-9-17(27-13)14-3-2-4-15(22)20(14)23/h2-11H,1H3,(H,24,25,26). The Morgan fingerprint density at radius 2 is 2.04 bits per heavy atom. The van der Waals surface area contributed by atoms with Gasteiger partial charge in [0.25, 0.3) is 0 Å². The summed E-state index contributed by atoms with van der Waals surface area (Å²) in [6.45, 7) is 2.02. The van der Waals surface area contributed by atoms with E-state index in [1.807, 2.05) is 31.2 Å². The molecule has 0 aliphatic heterocycles. The van der Waals surface area contributed by atoms with Crippen LogP contribution in [0.5, 0.6) is 0 Å². The Bertz CT molecular complexity index is 1210. The Morgan fingerprint density at radius 1 is 1.18 bits per heavy atom. The summed E-state index contributed by atoms with van der Waals surface area (Å²) >= 11 is 13.7. The minimum atomic E-state index is -0.283. The normalized spacial score (nSPS) is 11.4. The third-order valence-electron chi connectivity index (χ3n) is 4.02. The Labute approximate surface area is 175 Å². The number of aromatic nitrogens is 1. The molecule has 7 heteroatoms. The number of aryl methyl sites for hydroxylation is 1. The highest BCUT2D eigenvalue weighted by molar-refractivity contribution is 7.22. The first-order valence-corrected chi connectivity index (χ1v) is 9.97. The maximum atomic E-state index is 12.2. The molecule has 0 saturated carbocycles. The first-order valence-electron chi connectivity index (χ1n) is 8.40. The van der Waals surface area contributed by atoms with E-state index in [-0.39, 0.29) is 5.91 Å². The topological polar surface area (TPSA) is 55.1 Å². The quantitative estimate of drug-likeness (QED) is 0.362. The molecule has 0 atom stereocenters. The van der Waals surface area contributed by atoms with Gasteiger partial charge in [-0.1, -0.05) is 46.7 Å². The van der Waals surface area contributed by atoms with Gasteiger partial charge in [0.1, 0.15) is 11.5 Å². The molecule has 0 radical (unpaired) electrons. The van der Waals surface area contributed by atoms with E-state index < -0.39 is 0 Å². The minimum Gasteiger partial charge on any atom is -0.457 e. The highest BCUT2D eigenvalue weighted by Gasteiger charge is 2.11. The Morgan fingerprint density at radius 3 is 2.89 bits per heavy atom. The van der Waals surface area contributed by atoms with Crippen LogP contribution >= 0.6 is 34.5 Å². The van der Waals surface area contributed by atoms with Gasteiger partial charge < -0.3 is 4.42 Å². The van der Waals surface area contributed by atoms with Crippen LogP contribution in [0, 0.1) is 6.92 Å². The molecule has 0 unspecified atom stereocenters. The third-order valence-corrected chi connectivity index (χ3v) is 5.77. The van der Waals surface area contributed by atoms with E-state index >= 15 is 0 Å². The molecule has 1 N–H and O–H groups in total. The fourth-order valence-corrected chi connectivity index (χ4v) is 4.03. The monoisotopic (exact) mass is 428 g/mol. The van der Waals surface area contributed by atoms with E-state index in [1.54, 1.807) is 30.3 Å². The number of nitrogens with zero attached hydrogens (tertiary/aromatic N) is 1. The van der Waals surface area contributed by atoms with Gasteiger partial charge in [-0.2, -0.15) is 0 Å². The fraction of sp³-hybridized carbons (Fsp3) is 0.0476. The molecule has 1 amide bonds. The van der Waals surface area contributed by atoms with Gasteiger partial charge in [-0.25, -0.2) is 4.98 Å². The zero-order valence-corrected chi connectivity index (χ0v) is 17.0. The Balaban J connectivity index is 1.47. The van der Waals surface area contributed by atoms with Crippen molar-refractivity contribution in [3.05, 3.63) is 76.0 Å². The second-order valence-corrected chi connectivity index (χ2v) is 7.93. The molecule has 4 rings (SSSR count). The minimum absolute atomic E-state index is 0.283. The van der Waals surface area contributed by atoms with Gasteiger partial charge in [0, 0.05) is 11.6 Å². The predicted octanol–water partition coefficient (Wildman–Crippen LogP) is 6.82. The van der Waals surface area contributed by atoms with E-state index in [1.165, 1.54) is 17.4 Å². The van der Waals surface area contributed by atoms with Crippen molar-refractivity contribution in [2.45, 2.75) is 6.92 Å². The van der Waals surface area contributed by atoms with Crippen LogP contribution in [-0.2, 0) is 4.79 Å². The van der Waals surface area contributed by atoms with Crippen LogP contribution in [-0.4, -0.2) is 10.9 Å². The molecule has 0 saturated heterocycles. The van der Waals surface area contributed by atoms with Crippen LogP contribution in [0.3, 0.4) is 0 Å². The van der Waals surface area contributed by atoms with Gasteiger partial charge in [-0.15, -0.1) is 0 Å². The average molecular weight is 429 g/mol. The smallest absolute Gasteiger partial charge is 0.250 e. The first-order chi connectivity index (χ1) is 13.5. The molecule has 4 aromatic rings. The number of benzene rings is 2. The maximum absolute atomic E-state index is 12.2. The van der Waals surface area contributed by atoms with E-state index in [0.29, 0.717) is 32.3 Å². The maximum Gasteiger partial charge on any atom is 0.250 e. The molecule has 2 aromatic carbocycles. The largest absolute Gasteiger partial charge is 0.457 e. The van der Waals surface area contributed by atoms with E-state index in [0.717, 1.165) is 15.8 Å². The van der Waals surface area contributed by atoms with E-state index in [2.05, 4.69) is 10.3 Å². The van der Waals surface area contributed by atoms with Gasteiger partial charge in [-0.3, -0.25) is 10.1 Å². The number of anilines is 1.